The maximum Gasteiger partial charge on any atom is 0.197 e. The number of hydrogen-bond donors (Lipinski definition) is 2. The van der Waals surface area contributed by atoms with Crippen molar-refractivity contribution in [3.05, 3.63) is 69.8 Å². The number of carbonyl (C=O) groups excluding carboxylic acids is 1. The predicted molar refractivity (Wildman–Crippen MR) is 106 cm³/mol. The van der Waals surface area contributed by atoms with Crippen LogP contribution in [-0.4, -0.2) is 41.4 Å². The minimum Gasteiger partial charge on any atom is -0.491 e. The Kier molecular flexibility index (Phi) is 4.72. The van der Waals surface area contributed by atoms with E-state index in [1.165, 1.54) is 0 Å². The Morgan fingerprint density at radius 1 is 1.21 bits per heavy atom. The van der Waals surface area contributed by atoms with Crippen LogP contribution in [0.25, 0.3) is 11.0 Å². The van der Waals surface area contributed by atoms with Crippen molar-refractivity contribution in [2.24, 2.45) is 5.18 Å². The van der Waals surface area contributed by atoms with E-state index in [-0.39, 0.29) is 12.4 Å². The number of para-hydroxylation sites is 1. The molecular weight excluding hydrogens is 374 g/mol. The van der Waals surface area contributed by atoms with E-state index >= 15 is 0 Å². The fraction of sp³-hybridized carbons (Fsp3) is 0.318. The van der Waals surface area contributed by atoms with Crippen LogP contribution in [0.2, 0.25) is 0 Å². The number of ketones is 1. The third-order valence-electron chi connectivity index (χ3n) is 5.49. The van der Waals surface area contributed by atoms with Crippen molar-refractivity contribution in [1.82, 2.24) is 0 Å². The maximum atomic E-state index is 13.2. The largest absolute Gasteiger partial charge is 0.491 e. The SMILES string of the molecule is CC1(C)c2cc(OCC(O)C(CO)N=O)ccc2C(=O)c2c1oc1ccccc21. The molecule has 2 unspecified atom stereocenters. The number of furan rings is 1. The lowest BCUT2D eigenvalue weighted by molar-refractivity contribution is 0.0643. The second kappa shape index (κ2) is 7.09. The van der Waals surface area contributed by atoms with E-state index in [1.54, 1.807) is 18.2 Å². The number of aliphatic hydroxyl groups excluding tert-OH is 2. The number of nitrogens with zero attached hydrogens (tertiary/aromatic N) is 1. The van der Waals surface area contributed by atoms with Crippen molar-refractivity contribution in [3.8, 4) is 5.75 Å². The van der Waals surface area contributed by atoms with Crippen LogP contribution >= 0.6 is 0 Å². The molecule has 2 atom stereocenters. The van der Waals surface area contributed by atoms with Gasteiger partial charge in [-0.2, -0.15) is 4.91 Å². The summed E-state index contributed by atoms with van der Waals surface area (Å²) in [7, 11) is 0. The Morgan fingerprint density at radius 2 is 1.97 bits per heavy atom. The van der Waals surface area contributed by atoms with Gasteiger partial charge in [0.15, 0.2) is 5.78 Å². The highest BCUT2D eigenvalue weighted by atomic mass is 16.5. The van der Waals surface area contributed by atoms with Crippen LogP contribution in [0.3, 0.4) is 0 Å². The number of nitroso groups, excluding NO2 is 1. The van der Waals surface area contributed by atoms with Gasteiger partial charge >= 0.3 is 0 Å². The molecule has 7 heteroatoms. The van der Waals surface area contributed by atoms with Crippen LogP contribution < -0.4 is 4.74 Å². The fourth-order valence-corrected chi connectivity index (χ4v) is 3.81. The summed E-state index contributed by atoms with van der Waals surface area (Å²) in [6, 6.07) is 11.4. The van der Waals surface area contributed by atoms with E-state index < -0.39 is 24.2 Å². The van der Waals surface area contributed by atoms with E-state index in [0.717, 1.165) is 10.9 Å². The summed E-state index contributed by atoms with van der Waals surface area (Å²) in [5.74, 6) is 0.945. The molecule has 150 valence electrons. The standard InChI is InChI=1S/C22H21NO6/c1-22(2)15-9-12(28-11-17(25)16(10-24)23-27)7-8-13(15)20(26)19-14-5-3-4-6-18(14)29-21(19)22/h3-9,16-17,24-25H,10-11H2,1-2H3. The van der Waals surface area contributed by atoms with Gasteiger partial charge in [0.25, 0.3) is 0 Å². The van der Waals surface area contributed by atoms with Crippen LogP contribution in [0.15, 0.2) is 52.1 Å². The number of rotatable bonds is 6. The van der Waals surface area contributed by atoms with E-state index in [4.69, 9.17) is 14.3 Å². The highest BCUT2D eigenvalue weighted by molar-refractivity contribution is 6.19. The summed E-state index contributed by atoms with van der Waals surface area (Å²) in [6.45, 7) is 3.20. The first-order valence-corrected chi connectivity index (χ1v) is 9.34. The Bertz CT molecular complexity index is 1100. The van der Waals surface area contributed by atoms with Crippen molar-refractivity contribution in [2.45, 2.75) is 31.4 Å². The Hall–Kier alpha value is -3.03. The molecule has 0 amide bonds. The third-order valence-corrected chi connectivity index (χ3v) is 5.49. The molecule has 0 saturated heterocycles. The molecule has 0 saturated carbocycles. The molecule has 2 N–H and O–H groups in total. The quantitative estimate of drug-likeness (QED) is 0.621. The van der Waals surface area contributed by atoms with Crippen LogP contribution in [0.1, 0.15) is 41.1 Å². The molecule has 2 aromatic carbocycles. The highest BCUT2D eigenvalue weighted by Gasteiger charge is 2.41. The summed E-state index contributed by atoms with van der Waals surface area (Å²) >= 11 is 0. The zero-order valence-electron chi connectivity index (χ0n) is 16.1. The monoisotopic (exact) mass is 395 g/mol. The molecule has 7 nitrogen and oxygen atoms in total. The fourth-order valence-electron chi connectivity index (χ4n) is 3.81. The molecule has 1 aromatic heterocycles. The third kappa shape index (κ3) is 3.03. The molecule has 1 aliphatic rings. The van der Waals surface area contributed by atoms with Gasteiger partial charge in [-0.1, -0.05) is 23.4 Å². The smallest absolute Gasteiger partial charge is 0.197 e. The van der Waals surface area contributed by atoms with Crippen LogP contribution in [0, 0.1) is 4.91 Å². The number of hydrogen-bond acceptors (Lipinski definition) is 7. The molecule has 0 aliphatic heterocycles. The second-order valence-corrected chi connectivity index (χ2v) is 7.70. The van der Waals surface area contributed by atoms with Gasteiger partial charge in [0.2, 0.25) is 0 Å². The van der Waals surface area contributed by atoms with Crippen molar-refractivity contribution in [2.75, 3.05) is 13.2 Å². The number of aliphatic hydroxyl groups is 2. The average Bonchev–Trinajstić information content (AvgIpc) is 3.12. The zero-order chi connectivity index (χ0) is 20.8. The van der Waals surface area contributed by atoms with Gasteiger partial charge in [0.1, 0.15) is 35.8 Å². The van der Waals surface area contributed by atoms with Gasteiger partial charge < -0.3 is 19.4 Å². The van der Waals surface area contributed by atoms with Gasteiger partial charge in [-0.3, -0.25) is 4.79 Å². The molecule has 0 radical (unpaired) electrons. The first-order valence-electron chi connectivity index (χ1n) is 9.34. The van der Waals surface area contributed by atoms with E-state index in [2.05, 4.69) is 5.18 Å². The molecule has 1 aliphatic carbocycles. The van der Waals surface area contributed by atoms with E-state index in [9.17, 15) is 14.8 Å². The molecular formula is C22H21NO6. The summed E-state index contributed by atoms with van der Waals surface area (Å²) in [5.41, 5.74) is 2.01. The van der Waals surface area contributed by atoms with Gasteiger partial charge in [-0.25, -0.2) is 0 Å². The van der Waals surface area contributed by atoms with Crippen LogP contribution in [-0.2, 0) is 5.41 Å². The summed E-state index contributed by atoms with van der Waals surface area (Å²) in [4.78, 5) is 23.8. The molecule has 1 heterocycles. The lowest BCUT2D eigenvalue weighted by atomic mass is 9.72. The average molecular weight is 395 g/mol. The van der Waals surface area contributed by atoms with Gasteiger partial charge in [0, 0.05) is 16.4 Å². The van der Waals surface area contributed by atoms with Crippen LogP contribution in [0.4, 0.5) is 0 Å². The first-order chi connectivity index (χ1) is 13.9. The van der Waals surface area contributed by atoms with Gasteiger partial charge in [-0.05, 0) is 43.7 Å². The molecule has 0 bridgehead atoms. The summed E-state index contributed by atoms with van der Waals surface area (Å²) in [6.07, 6.45) is -1.23. The number of carbonyl (C=O) groups is 1. The second-order valence-electron chi connectivity index (χ2n) is 7.70. The minimum absolute atomic E-state index is 0.101. The normalized spacial score (nSPS) is 16.8. The molecule has 3 aromatic rings. The maximum absolute atomic E-state index is 13.2. The molecule has 0 fully saturated rings. The van der Waals surface area contributed by atoms with Crippen molar-refractivity contribution in [3.63, 3.8) is 0 Å². The van der Waals surface area contributed by atoms with Crippen LogP contribution in [0.5, 0.6) is 5.75 Å². The summed E-state index contributed by atoms with van der Waals surface area (Å²) in [5, 5.41) is 22.4. The van der Waals surface area contributed by atoms with Gasteiger partial charge in [-0.15, -0.1) is 0 Å². The number of fused-ring (bicyclic) bond motifs is 4. The van der Waals surface area contributed by atoms with Crippen molar-refractivity contribution < 1.29 is 24.2 Å². The topological polar surface area (TPSA) is 109 Å². The van der Waals surface area contributed by atoms with Crippen molar-refractivity contribution >= 4 is 16.8 Å². The minimum atomic E-state index is -1.23. The molecule has 4 rings (SSSR count). The van der Waals surface area contributed by atoms with Crippen molar-refractivity contribution in [1.29, 1.82) is 0 Å². The van der Waals surface area contributed by atoms with E-state index in [1.807, 2.05) is 38.1 Å². The highest BCUT2D eigenvalue weighted by Crippen LogP contribution is 2.46. The van der Waals surface area contributed by atoms with Gasteiger partial charge in [0.05, 0.1) is 12.2 Å². The molecule has 29 heavy (non-hydrogen) atoms. The van der Waals surface area contributed by atoms with E-state index in [0.29, 0.717) is 28.2 Å². The number of ether oxygens (including phenoxy) is 1. The Balaban J connectivity index is 1.70. The lowest BCUT2D eigenvalue weighted by Crippen LogP contribution is -2.33. The Morgan fingerprint density at radius 3 is 2.69 bits per heavy atom. The Labute approximate surface area is 166 Å². The predicted octanol–water partition coefficient (Wildman–Crippen LogP) is 3.17. The molecule has 0 spiro atoms. The number of benzene rings is 2. The lowest BCUT2D eigenvalue weighted by Gasteiger charge is -2.31. The first kappa shape index (κ1) is 19.3. The summed E-state index contributed by atoms with van der Waals surface area (Å²) < 4.78 is 11.6. The zero-order valence-corrected chi connectivity index (χ0v) is 16.1.